The summed E-state index contributed by atoms with van der Waals surface area (Å²) in [6.45, 7) is 9.76. The lowest BCUT2D eigenvalue weighted by Gasteiger charge is -2.19. The van der Waals surface area contributed by atoms with Crippen LogP contribution in [0.2, 0.25) is 0 Å². The number of rotatable bonds is 3. The van der Waals surface area contributed by atoms with E-state index >= 15 is 0 Å². The number of benzene rings is 1. The Hall–Kier alpha value is -1.79. The normalized spacial score (nSPS) is 11.4. The van der Waals surface area contributed by atoms with Crippen LogP contribution in [0.15, 0.2) is 24.3 Å². The van der Waals surface area contributed by atoms with Crippen molar-refractivity contribution < 1.29 is 0 Å². The van der Waals surface area contributed by atoms with E-state index in [-0.39, 0.29) is 5.54 Å². The van der Waals surface area contributed by atoms with Gasteiger partial charge in [-0.05, 0) is 33.8 Å². The van der Waals surface area contributed by atoms with Gasteiger partial charge >= 0.3 is 0 Å². The third-order valence-electron chi connectivity index (χ3n) is 2.93. The van der Waals surface area contributed by atoms with Crippen molar-refractivity contribution in [3.63, 3.8) is 0 Å². The summed E-state index contributed by atoms with van der Waals surface area (Å²) in [5.74, 6) is 5.99. The van der Waals surface area contributed by atoms with E-state index in [1.54, 1.807) is 0 Å². The monoisotopic (exact) mass is 255 g/mol. The second kappa shape index (κ2) is 5.46. The molecule has 2 rings (SSSR count). The van der Waals surface area contributed by atoms with E-state index in [9.17, 15) is 0 Å². The number of para-hydroxylation sites is 1. The molecule has 19 heavy (non-hydrogen) atoms. The first-order valence-electron chi connectivity index (χ1n) is 6.60. The molecule has 0 radical (unpaired) electrons. The highest BCUT2D eigenvalue weighted by Gasteiger charge is 2.13. The molecule has 0 atom stereocenters. The largest absolute Gasteiger partial charge is 0.306 e. The summed E-state index contributed by atoms with van der Waals surface area (Å²) >= 11 is 0. The van der Waals surface area contributed by atoms with Crippen LogP contribution in [0.1, 0.15) is 33.4 Å². The lowest BCUT2D eigenvalue weighted by atomic mass is 10.1. The van der Waals surface area contributed by atoms with Crippen LogP contribution >= 0.6 is 0 Å². The lowest BCUT2D eigenvalue weighted by Crippen LogP contribution is -2.35. The Morgan fingerprint density at radius 1 is 1.26 bits per heavy atom. The summed E-state index contributed by atoms with van der Waals surface area (Å²) in [5, 5.41) is 9.38. The highest BCUT2D eigenvalue weighted by atomic mass is 15.3. The van der Waals surface area contributed by atoms with E-state index in [1.807, 2.05) is 17.7 Å². The van der Waals surface area contributed by atoms with Crippen LogP contribution in [0, 0.1) is 11.8 Å². The van der Waals surface area contributed by atoms with Crippen LogP contribution in [0.4, 0.5) is 0 Å². The van der Waals surface area contributed by atoms with E-state index in [0.717, 1.165) is 17.8 Å². The van der Waals surface area contributed by atoms with Crippen molar-refractivity contribution in [2.45, 2.75) is 46.3 Å². The predicted molar refractivity (Wildman–Crippen MR) is 79.8 cm³/mol. The molecule has 0 saturated heterocycles. The summed E-state index contributed by atoms with van der Waals surface area (Å²) < 4.78 is 1.98. The molecule has 0 unspecified atom stereocenters. The van der Waals surface area contributed by atoms with Crippen molar-refractivity contribution in [2.24, 2.45) is 0 Å². The number of aromatic nitrogens is 2. The lowest BCUT2D eigenvalue weighted by molar-refractivity contribution is 0.420. The van der Waals surface area contributed by atoms with Crippen LogP contribution in [0.5, 0.6) is 0 Å². The first-order chi connectivity index (χ1) is 9.01. The fourth-order valence-electron chi connectivity index (χ4n) is 1.95. The maximum Gasteiger partial charge on any atom is 0.102 e. The third kappa shape index (κ3) is 3.36. The molecule has 3 heteroatoms. The molecule has 1 aromatic heterocycles. The van der Waals surface area contributed by atoms with Gasteiger partial charge in [0.05, 0.1) is 11.2 Å². The molecular weight excluding hydrogens is 234 g/mol. The molecule has 3 nitrogen and oxygen atoms in total. The molecule has 1 N–H and O–H groups in total. The zero-order chi connectivity index (χ0) is 13.9. The van der Waals surface area contributed by atoms with Gasteiger partial charge in [-0.2, -0.15) is 5.10 Å². The van der Waals surface area contributed by atoms with Gasteiger partial charge in [-0.15, -0.1) is 5.92 Å². The van der Waals surface area contributed by atoms with Gasteiger partial charge in [0.1, 0.15) is 6.54 Å². The molecular formula is C16H21N3. The number of fused-ring (bicyclic) bond motifs is 1. The minimum absolute atomic E-state index is 0.0914. The van der Waals surface area contributed by atoms with Gasteiger partial charge in [0.2, 0.25) is 0 Å². The highest BCUT2D eigenvalue weighted by molar-refractivity contribution is 5.82. The second-order valence-electron chi connectivity index (χ2n) is 5.65. The van der Waals surface area contributed by atoms with E-state index in [4.69, 9.17) is 0 Å². The summed E-state index contributed by atoms with van der Waals surface area (Å²) in [5.41, 5.74) is 2.33. The Morgan fingerprint density at radius 2 is 2.00 bits per heavy atom. The smallest absolute Gasteiger partial charge is 0.102 e. The number of hydrogen-bond acceptors (Lipinski definition) is 2. The van der Waals surface area contributed by atoms with Crippen LogP contribution in [-0.2, 0) is 13.1 Å². The predicted octanol–water partition coefficient (Wildman–Crippen LogP) is 2.95. The summed E-state index contributed by atoms with van der Waals surface area (Å²) in [6.07, 6.45) is 0. The van der Waals surface area contributed by atoms with Crippen molar-refractivity contribution in [2.75, 3.05) is 0 Å². The van der Waals surface area contributed by atoms with E-state index in [2.05, 4.69) is 61.2 Å². The van der Waals surface area contributed by atoms with Gasteiger partial charge < -0.3 is 5.32 Å². The van der Waals surface area contributed by atoms with Gasteiger partial charge in [0.15, 0.2) is 0 Å². The van der Waals surface area contributed by atoms with Gasteiger partial charge in [0.25, 0.3) is 0 Å². The molecule has 100 valence electrons. The van der Waals surface area contributed by atoms with Crippen LogP contribution < -0.4 is 5.32 Å². The van der Waals surface area contributed by atoms with Crippen LogP contribution in [0.25, 0.3) is 10.9 Å². The first kappa shape index (κ1) is 13.6. The molecule has 0 saturated carbocycles. The average molecular weight is 255 g/mol. The first-order valence-corrected chi connectivity index (χ1v) is 6.60. The van der Waals surface area contributed by atoms with Gasteiger partial charge in [-0.3, -0.25) is 4.68 Å². The molecule has 0 aliphatic carbocycles. The van der Waals surface area contributed by atoms with Gasteiger partial charge in [-0.1, -0.05) is 24.1 Å². The van der Waals surface area contributed by atoms with Crippen molar-refractivity contribution in [3.8, 4) is 11.8 Å². The Labute approximate surface area is 115 Å². The average Bonchev–Trinajstić information content (AvgIpc) is 2.72. The maximum absolute atomic E-state index is 4.68. The number of nitrogens with zero attached hydrogens (tertiary/aromatic N) is 2. The molecule has 0 amide bonds. The van der Waals surface area contributed by atoms with Crippen molar-refractivity contribution in [3.05, 3.63) is 30.0 Å². The Balaban J connectivity index is 2.35. The molecule has 0 bridgehead atoms. The van der Waals surface area contributed by atoms with E-state index in [1.165, 1.54) is 5.39 Å². The van der Waals surface area contributed by atoms with Gasteiger partial charge in [-0.25, -0.2) is 0 Å². The SMILES string of the molecule is CC#CCn1nc(CNC(C)(C)C)c2ccccc21. The second-order valence-corrected chi connectivity index (χ2v) is 5.65. The molecule has 0 aliphatic heterocycles. The van der Waals surface area contributed by atoms with Crippen LogP contribution in [-0.4, -0.2) is 15.3 Å². The van der Waals surface area contributed by atoms with E-state index in [0.29, 0.717) is 6.54 Å². The Kier molecular flexibility index (Phi) is 3.92. The number of hydrogen-bond donors (Lipinski definition) is 1. The zero-order valence-electron chi connectivity index (χ0n) is 12.1. The minimum atomic E-state index is 0.0914. The molecule has 2 aromatic rings. The fraction of sp³-hybridized carbons (Fsp3) is 0.438. The molecule has 0 spiro atoms. The maximum atomic E-state index is 4.68. The molecule has 0 aliphatic rings. The molecule has 0 fully saturated rings. The summed E-state index contributed by atoms with van der Waals surface area (Å²) in [6, 6.07) is 8.32. The minimum Gasteiger partial charge on any atom is -0.306 e. The third-order valence-corrected chi connectivity index (χ3v) is 2.93. The summed E-state index contributed by atoms with van der Waals surface area (Å²) in [7, 11) is 0. The van der Waals surface area contributed by atoms with Crippen molar-refractivity contribution in [1.82, 2.24) is 15.1 Å². The van der Waals surface area contributed by atoms with Crippen molar-refractivity contribution in [1.29, 1.82) is 0 Å². The van der Waals surface area contributed by atoms with Crippen LogP contribution in [0.3, 0.4) is 0 Å². The Bertz CT molecular complexity index is 621. The molecule has 1 heterocycles. The quantitative estimate of drug-likeness (QED) is 0.855. The van der Waals surface area contributed by atoms with Crippen molar-refractivity contribution >= 4 is 10.9 Å². The van der Waals surface area contributed by atoms with E-state index < -0.39 is 0 Å². The summed E-state index contributed by atoms with van der Waals surface area (Å²) in [4.78, 5) is 0. The zero-order valence-corrected chi connectivity index (χ0v) is 12.1. The Morgan fingerprint density at radius 3 is 2.68 bits per heavy atom. The topological polar surface area (TPSA) is 29.9 Å². The molecule has 1 aromatic carbocycles. The highest BCUT2D eigenvalue weighted by Crippen LogP contribution is 2.18. The fourth-order valence-corrected chi connectivity index (χ4v) is 1.95. The van der Waals surface area contributed by atoms with Gasteiger partial charge in [0, 0.05) is 17.5 Å². The number of nitrogens with one attached hydrogen (secondary N) is 1. The standard InChI is InChI=1S/C16H21N3/c1-5-6-11-19-15-10-8-7-9-13(15)14(18-19)12-17-16(2,3)4/h7-10,17H,11-12H2,1-4H3.